The van der Waals surface area contributed by atoms with E-state index in [4.69, 9.17) is 19.9 Å². The third-order valence-corrected chi connectivity index (χ3v) is 4.55. The van der Waals surface area contributed by atoms with E-state index >= 15 is 0 Å². The Labute approximate surface area is 162 Å². The molecule has 142 valence electrons. The maximum absolute atomic E-state index is 6.00. The first-order chi connectivity index (χ1) is 13.6. The third kappa shape index (κ3) is 2.96. The SMILES string of the molecule is COc1cc(-c2nc(N)[nH]c2-c2ccc3ncccc3c2)cc(OC)c1OC. The molecule has 0 fully saturated rings. The first kappa shape index (κ1) is 17.7. The van der Waals surface area contributed by atoms with Crippen molar-refractivity contribution in [3.05, 3.63) is 48.7 Å². The zero-order chi connectivity index (χ0) is 19.7. The average Bonchev–Trinajstić information content (AvgIpc) is 3.13. The molecule has 0 saturated carbocycles. The second-order valence-electron chi connectivity index (χ2n) is 6.17. The molecule has 7 nitrogen and oxygen atoms in total. The van der Waals surface area contributed by atoms with Gasteiger partial charge in [-0.2, -0.15) is 0 Å². The molecule has 0 unspecified atom stereocenters. The number of ether oxygens (including phenoxy) is 3. The van der Waals surface area contributed by atoms with Gasteiger partial charge in [0.25, 0.3) is 0 Å². The molecule has 0 bridgehead atoms. The molecular formula is C21H20N4O3. The van der Waals surface area contributed by atoms with Gasteiger partial charge in [0.05, 0.1) is 38.2 Å². The van der Waals surface area contributed by atoms with Crippen molar-refractivity contribution in [3.8, 4) is 39.8 Å². The fourth-order valence-corrected chi connectivity index (χ4v) is 3.26. The Morgan fingerprint density at radius 3 is 2.32 bits per heavy atom. The van der Waals surface area contributed by atoms with Crippen LogP contribution in [0.3, 0.4) is 0 Å². The number of methoxy groups -OCH3 is 3. The van der Waals surface area contributed by atoms with E-state index in [2.05, 4.69) is 21.0 Å². The lowest BCUT2D eigenvalue weighted by Gasteiger charge is -2.14. The lowest BCUT2D eigenvalue weighted by atomic mass is 10.0. The molecule has 2 heterocycles. The van der Waals surface area contributed by atoms with Crippen LogP contribution in [-0.4, -0.2) is 36.3 Å². The summed E-state index contributed by atoms with van der Waals surface area (Å²) in [4.78, 5) is 12.0. The molecule has 4 aromatic rings. The summed E-state index contributed by atoms with van der Waals surface area (Å²) < 4.78 is 16.3. The van der Waals surface area contributed by atoms with Crippen LogP contribution in [0.15, 0.2) is 48.7 Å². The van der Waals surface area contributed by atoms with Gasteiger partial charge in [-0.05, 0) is 30.3 Å². The number of rotatable bonds is 5. The van der Waals surface area contributed by atoms with Gasteiger partial charge in [-0.15, -0.1) is 0 Å². The monoisotopic (exact) mass is 376 g/mol. The van der Waals surface area contributed by atoms with E-state index in [1.54, 1.807) is 27.5 Å². The number of fused-ring (bicyclic) bond motifs is 1. The van der Waals surface area contributed by atoms with Crippen molar-refractivity contribution in [1.82, 2.24) is 15.0 Å². The molecule has 0 atom stereocenters. The molecule has 0 aliphatic rings. The lowest BCUT2D eigenvalue weighted by molar-refractivity contribution is 0.324. The fourth-order valence-electron chi connectivity index (χ4n) is 3.26. The molecule has 7 heteroatoms. The van der Waals surface area contributed by atoms with Gasteiger partial charge in [0, 0.05) is 22.7 Å². The summed E-state index contributed by atoms with van der Waals surface area (Å²) in [5.74, 6) is 1.94. The highest BCUT2D eigenvalue weighted by Gasteiger charge is 2.19. The second-order valence-corrected chi connectivity index (χ2v) is 6.17. The van der Waals surface area contributed by atoms with E-state index in [1.807, 2.05) is 36.4 Å². The smallest absolute Gasteiger partial charge is 0.203 e. The van der Waals surface area contributed by atoms with E-state index in [1.165, 1.54) is 0 Å². The zero-order valence-corrected chi connectivity index (χ0v) is 15.8. The van der Waals surface area contributed by atoms with Crippen LogP contribution in [-0.2, 0) is 0 Å². The number of imidazole rings is 1. The van der Waals surface area contributed by atoms with Gasteiger partial charge >= 0.3 is 0 Å². The first-order valence-electron chi connectivity index (χ1n) is 8.65. The number of benzene rings is 2. The van der Waals surface area contributed by atoms with Crippen molar-refractivity contribution in [1.29, 1.82) is 0 Å². The fraction of sp³-hybridized carbons (Fsp3) is 0.143. The highest BCUT2D eigenvalue weighted by molar-refractivity contribution is 5.88. The maximum atomic E-state index is 6.00. The van der Waals surface area contributed by atoms with Crippen LogP contribution in [0, 0.1) is 0 Å². The van der Waals surface area contributed by atoms with Gasteiger partial charge in [0.15, 0.2) is 17.4 Å². The van der Waals surface area contributed by atoms with Crippen molar-refractivity contribution in [2.75, 3.05) is 27.1 Å². The molecule has 0 spiro atoms. The van der Waals surface area contributed by atoms with Crippen molar-refractivity contribution in [3.63, 3.8) is 0 Å². The number of anilines is 1. The molecular weight excluding hydrogens is 356 g/mol. The Morgan fingerprint density at radius 2 is 1.64 bits per heavy atom. The molecule has 0 amide bonds. The highest BCUT2D eigenvalue weighted by atomic mass is 16.5. The summed E-state index contributed by atoms with van der Waals surface area (Å²) >= 11 is 0. The minimum Gasteiger partial charge on any atom is -0.493 e. The van der Waals surface area contributed by atoms with Gasteiger partial charge in [-0.3, -0.25) is 4.98 Å². The number of aromatic nitrogens is 3. The predicted octanol–water partition coefficient (Wildman–Crippen LogP) is 3.90. The number of hydrogen-bond acceptors (Lipinski definition) is 6. The Balaban J connectivity index is 1.90. The number of nitrogens with one attached hydrogen (secondary N) is 1. The van der Waals surface area contributed by atoms with Crippen LogP contribution in [0.5, 0.6) is 17.2 Å². The number of hydrogen-bond donors (Lipinski definition) is 2. The van der Waals surface area contributed by atoms with Gasteiger partial charge in [-0.1, -0.05) is 12.1 Å². The van der Waals surface area contributed by atoms with Crippen molar-refractivity contribution >= 4 is 16.9 Å². The summed E-state index contributed by atoms with van der Waals surface area (Å²) in [6.07, 6.45) is 1.78. The van der Waals surface area contributed by atoms with Crippen LogP contribution in [0.2, 0.25) is 0 Å². The number of nitrogens with zero attached hydrogens (tertiary/aromatic N) is 2. The molecule has 2 aromatic carbocycles. The molecule has 2 aromatic heterocycles. The minimum atomic E-state index is 0.324. The Kier molecular flexibility index (Phi) is 4.49. The summed E-state index contributed by atoms with van der Waals surface area (Å²) in [7, 11) is 4.73. The topological polar surface area (TPSA) is 95.3 Å². The largest absolute Gasteiger partial charge is 0.493 e. The quantitative estimate of drug-likeness (QED) is 0.548. The summed E-state index contributed by atoms with van der Waals surface area (Å²) in [5, 5.41) is 1.03. The molecule has 0 radical (unpaired) electrons. The summed E-state index contributed by atoms with van der Waals surface area (Å²) in [5.41, 5.74) is 10.2. The van der Waals surface area contributed by atoms with Gasteiger partial charge in [0.1, 0.15) is 0 Å². The van der Waals surface area contributed by atoms with Crippen LogP contribution in [0.1, 0.15) is 0 Å². The molecule has 28 heavy (non-hydrogen) atoms. The Hall–Kier alpha value is -3.74. The van der Waals surface area contributed by atoms with Crippen molar-refractivity contribution in [2.45, 2.75) is 0 Å². The van der Waals surface area contributed by atoms with Crippen LogP contribution in [0.4, 0.5) is 5.95 Å². The predicted molar refractivity (Wildman–Crippen MR) is 109 cm³/mol. The van der Waals surface area contributed by atoms with Crippen LogP contribution >= 0.6 is 0 Å². The molecule has 0 aliphatic carbocycles. The second kappa shape index (κ2) is 7.11. The van der Waals surface area contributed by atoms with Gasteiger partial charge < -0.3 is 24.9 Å². The molecule has 4 rings (SSSR count). The standard InChI is InChI=1S/C21H20N4O3/c1-26-16-10-14(11-17(27-2)20(16)28-3)19-18(24-21(22)25-19)13-6-7-15-12(9-13)5-4-8-23-15/h4-11H,1-3H3,(H3,22,24,25). The lowest BCUT2D eigenvalue weighted by Crippen LogP contribution is -1.96. The van der Waals surface area contributed by atoms with Crippen LogP contribution in [0.25, 0.3) is 33.4 Å². The molecule has 3 N–H and O–H groups in total. The van der Waals surface area contributed by atoms with E-state index in [9.17, 15) is 0 Å². The molecule has 0 saturated heterocycles. The summed E-state index contributed by atoms with van der Waals surface area (Å²) in [6, 6.07) is 13.6. The number of nitrogen functional groups attached to an aromatic ring is 1. The van der Waals surface area contributed by atoms with E-state index < -0.39 is 0 Å². The summed E-state index contributed by atoms with van der Waals surface area (Å²) in [6.45, 7) is 0. The highest BCUT2D eigenvalue weighted by Crippen LogP contribution is 2.43. The van der Waals surface area contributed by atoms with Crippen LogP contribution < -0.4 is 19.9 Å². The third-order valence-electron chi connectivity index (χ3n) is 4.55. The average molecular weight is 376 g/mol. The van der Waals surface area contributed by atoms with Crippen molar-refractivity contribution < 1.29 is 14.2 Å². The number of pyridine rings is 1. The van der Waals surface area contributed by atoms with Gasteiger partial charge in [0.2, 0.25) is 5.75 Å². The Bertz CT molecular complexity index is 1130. The van der Waals surface area contributed by atoms with Crippen molar-refractivity contribution in [2.24, 2.45) is 0 Å². The zero-order valence-electron chi connectivity index (χ0n) is 15.8. The Morgan fingerprint density at radius 1 is 0.893 bits per heavy atom. The normalized spacial score (nSPS) is 10.8. The first-order valence-corrected chi connectivity index (χ1v) is 8.65. The van der Waals surface area contributed by atoms with E-state index in [0.717, 1.165) is 27.7 Å². The number of aromatic amines is 1. The minimum absolute atomic E-state index is 0.324. The number of H-pyrrole nitrogens is 1. The van der Waals surface area contributed by atoms with E-state index in [-0.39, 0.29) is 0 Å². The maximum Gasteiger partial charge on any atom is 0.203 e. The van der Waals surface area contributed by atoms with E-state index in [0.29, 0.717) is 28.9 Å². The number of nitrogens with two attached hydrogens (primary N) is 1. The van der Waals surface area contributed by atoms with Gasteiger partial charge in [-0.25, -0.2) is 4.98 Å². The molecule has 0 aliphatic heterocycles.